The van der Waals surface area contributed by atoms with Gasteiger partial charge < -0.3 is 24.4 Å². The average molecular weight is 429 g/mol. The van der Waals surface area contributed by atoms with Gasteiger partial charge in [-0.25, -0.2) is 0 Å². The van der Waals surface area contributed by atoms with Crippen LogP contribution in [0.15, 0.2) is 48.5 Å². The van der Waals surface area contributed by atoms with E-state index in [4.69, 9.17) is 14.2 Å². The Morgan fingerprint density at radius 2 is 1.61 bits per heavy atom. The normalized spacial score (nSPS) is 11.4. The Hall–Kier alpha value is -3.22. The quantitative estimate of drug-likeness (QED) is 0.524. The van der Waals surface area contributed by atoms with Crippen LogP contribution < -0.4 is 19.5 Å². The number of amides is 2. The van der Waals surface area contributed by atoms with E-state index in [1.807, 2.05) is 30.3 Å². The standard InChI is InChI=1S/C24H32N2O5/c1-5-6-12-25-24(28)18(2)26(16-19-10-8-7-9-11-19)23(27)17-31-22-14-20(29-3)13-21(15-22)30-4/h7-11,13-15,18H,5-6,12,16-17H2,1-4H3,(H,25,28). The first-order valence-electron chi connectivity index (χ1n) is 10.5. The van der Waals surface area contributed by atoms with Crippen molar-refractivity contribution < 1.29 is 23.8 Å². The number of hydrogen-bond acceptors (Lipinski definition) is 5. The summed E-state index contributed by atoms with van der Waals surface area (Å²) in [4.78, 5) is 27.2. The minimum absolute atomic E-state index is 0.180. The van der Waals surface area contributed by atoms with Gasteiger partial charge in [-0.1, -0.05) is 43.7 Å². The van der Waals surface area contributed by atoms with Gasteiger partial charge >= 0.3 is 0 Å². The summed E-state index contributed by atoms with van der Waals surface area (Å²) in [6.07, 6.45) is 1.88. The van der Waals surface area contributed by atoms with Crippen molar-refractivity contribution >= 4 is 11.8 Å². The number of carbonyl (C=O) groups is 2. The first kappa shape index (κ1) is 24.1. The highest BCUT2D eigenvalue weighted by molar-refractivity contribution is 5.87. The molecule has 0 aromatic heterocycles. The van der Waals surface area contributed by atoms with Crippen molar-refractivity contribution in [3.63, 3.8) is 0 Å². The van der Waals surface area contributed by atoms with E-state index in [-0.39, 0.29) is 18.4 Å². The first-order valence-corrected chi connectivity index (χ1v) is 10.5. The molecule has 0 heterocycles. The molecular weight excluding hydrogens is 396 g/mol. The summed E-state index contributed by atoms with van der Waals surface area (Å²) in [6, 6.07) is 14.0. The number of nitrogens with zero attached hydrogens (tertiary/aromatic N) is 1. The molecule has 2 amide bonds. The zero-order valence-electron chi connectivity index (χ0n) is 18.7. The lowest BCUT2D eigenvalue weighted by atomic mass is 10.1. The van der Waals surface area contributed by atoms with Crippen molar-refractivity contribution in [1.82, 2.24) is 10.2 Å². The number of carbonyl (C=O) groups excluding carboxylic acids is 2. The van der Waals surface area contributed by atoms with E-state index in [0.29, 0.717) is 30.3 Å². The molecule has 2 rings (SSSR count). The van der Waals surface area contributed by atoms with Crippen molar-refractivity contribution in [2.75, 3.05) is 27.4 Å². The summed E-state index contributed by atoms with van der Waals surface area (Å²) >= 11 is 0. The van der Waals surface area contributed by atoms with Gasteiger partial charge in [0.2, 0.25) is 5.91 Å². The van der Waals surface area contributed by atoms with Gasteiger partial charge in [-0.2, -0.15) is 0 Å². The maximum Gasteiger partial charge on any atom is 0.261 e. The van der Waals surface area contributed by atoms with Crippen LogP contribution in [0.25, 0.3) is 0 Å². The van der Waals surface area contributed by atoms with Gasteiger partial charge in [-0.05, 0) is 18.9 Å². The van der Waals surface area contributed by atoms with E-state index in [1.165, 1.54) is 4.90 Å². The second-order valence-electron chi connectivity index (χ2n) is 7.16. The molecule has 1 N–H and O–H groups in total. The summed E-state index contributed by atoms with van der Waals surface area (Å²) in [5.74, 6) is 1.10. The van der Waals surface area contributed by atoms with Gasteiger partial charge in [-0.15, -0.1) is 0 Å². The van der Waals surface area contributed by atoms with E-state index in [1.54, 1.807) is 39.3 Å². The maximum absolute atomic E-state index is 13.1. The minimum atomic E-state index is -0.631. The zero-order chi connectivity index (χ0) is 22.6. The third kappa shape index (κ3) is 7.51. The Bertz CT molecular complexity index is 819. The molecule has 2 aromatic carbocycles. The number of nitrogens with one attached hydrogen (secondary N) is 1. The maximum atomic E-state index is 13.1. The topological polar surface area (TPSA) is 77.1 Å². The van der Waals surface area contributed by atoms with Crippen molar-refractivity contribution in [2.24, 2.45) is 0 Å². The largest absolute Gasteiger partial charge is 0.496 e. The smallest absolute Gasteiger partial charge is 0.261 e. The molecular formula is C24H32N2O5. The molecule has 2 aromatic rings. The van der Waals surface area contributed by atoms with Gasteiger partial charge in [0.05, 0.1) is 14.2 Å². The third-order valence-corrected chi connectivity index (χ3v) is 4.88. The molecule has 0 saturated carbocycles. The van der Waals surface area contributed by atoms with Crippen molar-refractivity contribution in [1.29, 1.82) is 0 Å². The van der Waals surface area contributed by atoms with Crippen LogP contribution in [0.5, 0.6) is 17.2 Å². The Labute approximate surface area is 184 Å². The molecule has 168 valence electrons. The van der Waals surface area contributed by atoms with Crippen molar-refractivity contribution in [2.45, 2.75) is 39.3 Å². The average Bonchev–Trinajstić information content (AvgIpc) is 2.80. The Morgan fingerprint density at radius 1 is 1.00 bits per heavy atom. The monoisotopic (exact) mass is 428 g/mol. The lowest BCUT2D eigenvalue weighted by Crippen LogP contribution is -2.49. The first-order chi connectivity index (χ1) is 15.0. The van der Waals surface area contributed by atoms with Gasteiger partial charge in [0, 0.05) is 31.3 Å². The molecule has 0 aliphatic carbocycles. The third-order valence-electron chi connectivity index (χ3n) is 4.88. The molecule has 0 aliphatic heterocycles. The minimum Gasteiger partial charge on any atom is -0.496 e. The van der Waals surface area contributed by atoms with E-state index in [2.05, 4.69) is 12.2 Å². The summed E-state index contributed by atoms with van der Waals surface area (Å²) in [6.45, 7) is 4.48. The lowest BCUT2D eigenvalue weighted by molar-refractivity contribution is -0.142. The molecule has 0 bridgehead atoms. The predicted octanol–water partition coefficient (Wildman–Crippen LogP) is 3.42. The zero-order valence-corrected chi connectivity index (χ0v) is 18.7. The molecule has 0 aliphatic rings. The Morgan fingerprint density at radius 3 is 2.19 bits per heavy atom. The Balaban J connectivity index is 2.12. The molecule has 1 unspecified atom stereocenters. The van der Waals surface area contributed by atoms with E-state index < -0.39 is 6.04 Å². The fraction of sp³-hybridized carbons (Fsp3) is 0.417. The van der Waals surface area contributed by atoms with Gasteiger partial charge in [-0.3, -0.25) is 9.59 Å². The van der Waals surface area contributed by atoms with E-state index >= 15 is 0 Å². The van der Waals surface area contributed by atoms with Crippen LogP contribution in [0.3, 0.4) is 0 Å². The number of hydrogen-bond donors (Lipinski definition) is 1. The highest BCUT2D eigenvalue weighted by Gasteiger charge is 2.26. The van der Waals surface area contributed by atoms with Crippen LogP contribution in [0.2, 0.25) is 0 Å². The number of ether oxygens (including phenoxy) is 3. The number of unbranched alkanes of at least 4 members (excludes halogenated alkanes) is 1. The summed E-state index contributed by atoms with van der Waals surface area (Å²) in [5, 5.41) is 2.90. The Kier molecular flexibility index (Phi) is 9.68. The van der Waals surface area contributed by atoms with Crippen LogP contribution in [0.1, 0.15) is 32.3 Å². The molecule has 0 spiro atoms. The van der Waals surface area contributed by atoms with Crippen LogP contribution in [0, 0.1) is 0 Å². The van der Waals surface area contributed by atoms with Crippen LogP contribution in [-0.2, 0) is 16.1 Å². The second kappa shape index (κ2) is 12.5. The predicted molar refractivity (Wildman–Crippen MR) is 119 cm³/mol. The lowest BCUT2D eigenvalue weighted by Gasteiger charge is -2.28. The van der Waals surface area contributed by atoms with Crippen molar-refractivity contribution in [3.05, 3.63) is 54.1 Å². The molecule has 0 saturated heterocycles. The molecule has 1 atom stereocenters. The fourth-order valence-electron chi connectivity index (χ4n) is 2.99. The fourth-order valence-corrected chi connectivity index (χ4v) is 2.99. The van der Waals surface area contributed by atoms with Gasteiger partial charge in [0.15, 0.2) is 6.61 Å². The highest BCUT2D eigenvalue weighted by Crippen LogP contribution is 2.27. The number of rotatable bonds is 12. The molecule has 7 nitrogen and oxygen atoms in total. The molecule has 7 heteroatoms. The second-order valence-corrected chi connectivity index (χ2v) is 7.16. The van der Waals surface area contributed by atoms with E-state index in [0.717, 1.165) is 18.4 Å². The van der Waals surface area contributed by atoms with Crippen LogP contribution in [-0.4, -0.2) is 50.1 Å². The number of benzene rings is 2. The van der Waals surface area contributed by atoms with E-state index in [9.17, 15) is 9.59 Å². The van der Waals surface area contributed by atoms with Gasteiger partial charge in [0.1, 0.15) is 23.3 Å². The molecule has 0 radical (unpaired) electrons. The SMILES string of the molecule is CCCCNC(=O)C(C)N(Cc1ccccc1)C(=O)COc1cc(OC)cc(OC)c1. The van der Waals surface area contributed by atoms with Gasteiger partial charge in [0.25, 0.3) is 5.91 Å². The highest BCUT2D eigenvalue weighted by atomic mass is 16.5. The summed E-state index contributed by atoms with van der Waals surface area (Å²) < 4.78 is 16.2. The van der Waals surface area contributed by atoms with Crippen molar-refractivity contribution in [3.8, 4) is 17.2 Å². The summed E-state index contributed by atoms with van der Waals surface area (Å²) in [5.41, 5.74) is 0.937. The molecule has 31 heavy (non-hydrogen) atoms. The van der Waals surface area contributed by atoms with Crippen LogP contribution in [0.4, 0.5) is 0 Å². The molecule has 0 fully saturated rings. The number of methoxy groups -OCH3 is 2. The van der Waals surface area contributed by atoms with Crippen LogP contribution >= 0.6 is 0 Å². The summed E-state index contributed by atoms with van der Waals surface area (Å²) in [7, 11) is 3.09.